The molecular formula is C13H27N3O. The zero-order valence-electron chi connectivity index (χ0n) is 11.2. The standard InChI is InChI=1S/C13H27N3O/c1-3-16(4-2)13(17)15-10-12-7-5-11(9-14)6-8-12/h11-12H,3-10,14H2,1-2H3,(H,15,17). The van der Waals surface area contributed by atoms with E-state index < -0.39 is 0 Å². The fourth-order valence-electron chi connectivity index (χ4n) is 2.53. The highest BCUT2D eigenvalue weighted by Gasteiger charge is 2.21. The molecule has 0 bridgehead atoms. The fraction of sp³-hybridized carbons (Fsp3) is 0.923. The van der Waals surface area contributed by atoms with Crippen molar-refractivity contribution in [3.63, 3.8) is 0 Å². The van der Waals surface area contributed by atoms with Gasteiger partial charge in [-0.2, -0.15) is 0 Å². The zero-order chi connectivity index (χ0) is 12.7. The van der Waals surface area contributed by atoms with Crippen LogP contribution in [0.25, 0.3) is 0 Å². The van der Waals surface area contributed by atoms with Crippen LogP contribution in [0.4, 0.5) is 4.79 Å². The van der Waals surface area contributed by atoms with E-state index in [-0.39, 0.29) is 6.03 Å². The first-order chi connectivity index (χ1) is 8.21. The first-order valence-corrected chi connectivity index (χ1v) is 6.94. The molecule has 1 rings (SSSR count). The molecule has 100 valence electrons. The van der Waals surface area contributed by atoms with Crippen molar-refractivity contribution in [1.82, 2.24) is 10.2 Å². The molecule has 0 spiro atoms. The summed E-state index contributed by atoms with van der Waals surface area (Å²) in [4.78, 5) is 13.6. The Hall–Kier alpha value is -0.770. The van der Waals surface area contributed by atoms with Gasteiger partial charge in [-0.1, -0.05) is 0 Å². The summed E-state index contributed by atoms with van der Waals surface area (Å²) >= 11 is 0. The van der Waals surface area contributed by atoms with E-state index in [2.05, 4.69) is 5.32 Å². The quantitative estimate of drug-likeness (QED) is 0.771. The fourth-order valence-corrected chi connectivity index (χ4v) is 2.53. The van der Waals surface area contributed by atoms with E-state index in [4.69, 9.17) is 5.73 Å². The van der Waals surface area contributed by atoms with Gasteiger partial charge < -0.3 is 16.0 Å². The third-order valence-corrected chi connectivity index (χ3v) is 3.89. The van der Waals surface area contributed by atoms with Crippen molar-refractivity contribution < 1.29 is 4.79 Å². The van der Waals surface area contributed by atoms with Crippen molar-refractivity contribution >= 4 is 6.03 Å². The highest BCUT2D eigenvalue weighted by Crippen LogP contribution is 2.27. The molecule has 0 aromatic rings. The maximum absolute atomic E-state index is 11.8. The number of nitrogens with zero attached hydrogens (tertiary/aromatic N) is 1. The van der Waals surface area contributed by atoms with Crippen LogP contribution in [0.3, 0.4) is 0 Å². The molecule has 0 unspecified atom stereocenters. The number of carbonyl (C=O) groups excluding carboxylic acids is 1. The Kier molecular flexibility index (Phi) is 6.34. The summed E-state index contributed by atoms with van der Waals surface area (Å²) in [5, 5.41) is 3.04. The van der Waals surface area contributed by atoms with Gasteiger partial charge in [0, 0.05) is 19.6 Å². The van der Waals surface area contributed by atoms with Crippen LogP contribution in [-0.2, 0) is 0 Å². The molecule has 0 aromatic carbocycles. The molecule has 0 aromatic heterocycles. The molecule has 0 radical (unpaired) electrons. The van der Waals surface area contributed by atoms with Gasteiger partial charge in [0.2, 0.25) is 0 Å². The maximum atomic E-state index is 11.8. The first kappa shape index (κ1) is 14.3. The second kappa shape index (κ2) is 7.54. The smallest absolute Gasteiger partial charge is 0.317 e. The van der Waals surface area contributed by atoms with Gasteiger partial charge in [-0.25, -0.2) is 4.79 Å². The maximum Gasteiger partial charge on any atom is 0.317 e. The number of nitrogens with one attached hydrogen (secondary N) is 1. The highest BCUT2D eigenvalue weighted by molar-refractivity contribution is 5.74. The Morgan fingerprint density at radius 3 is 2.18 bits per heavy atom. The first-order valence-electron chi connectivity index (χ1n) is 6.94. The molecule has 1 aliphatic rings. The summed E-state index contributed by atoms with van der Waals surface area (Å²) in [5.41, 5.74) is 5.67. The van der Waals surface area contributed by atoms with Crippen LogP contribution in [0.2, 0.25) is 0 Å². The summed E-state index contributed by atoms with van der Waals surface area (Å²) in [5.74, 6) is 1.36. The third kappa shape index (κ3) is 4.54. The number of amides is 2. The molecule has 1 aliphatic carbocycles. The van der Waals surface area contributed by atoms with E-state index in [1.807, 2.05) is 18.7 Å². The lowest BCUT2D eigenvalue weighted by Gasteiger charge is -2.28. The van der Waals surface area contributed by atoms with Gasteiger partial charge in [0.1, 0.15) is 0 Å². The van der Waals surface area contributed by atoms with Crippen molar-refractivity contribution in [1.29, 1.82) is 0 Å². The molecule has 0 saturated heterocycles. The lowest BCUT2D eigenvalue weighted by Crippen LogP contribution is -2.42. The van der Waals surface area contributed by atoms with Crippen LogP contribution in [0, 0.1) is 11.8 Å². The normalized spacial score (nSPS) is 24.4. The van der Waals surface area contributed by atoms with Gasteiger partial charge in [-0.15, -0.1) is 0 Å². The largest absolute Gasteiger partial charge is 0.338 e. The van der Waals surface area contributed by atoms with Crippen LogP contribution in [-0.4, -0.2) is 37.1 Å². The molecule has 0 heterocycles. The number of hydrogen-bond donors (Lipinski definition) is 2. The topological polar surface area (TPSA) is 58.4 Å². The second-order valence-electron chi connectivity index (χ2n) is 4.98. The van der Waals surface area contributed by atoms with E-state index in [1.165, 1.54) is 25.7 Å². The second-order valence-corrected chi connectivity index (χ2v) is 4.98. The van der Waals surface area contributed by atoms with Crippen molar-refractivity contribution in [2.24, 2.45) is 17.6 Å². The predicted molar refractivity (Wildman–Crippen MR) is 70.8 cm³/mol. The van der Waals surface area contributed by atoms with Crippen LogP contribution in [0.5, 0.6) is 0 Å². The Bertz CT molecular complexity index is 221. The van der Waals surface area contributed by atoms with E-state index in [0.717, 1.165) is 26.2 Å². The van der Waals surface area contributed by atoms with Gasteiger partial charge in [0.05, 0.1) is 0 Å². The minimum absolute atomic E-state index is 0.0796. The van der Waals surface area contributed by atoms with Crippen molar-refractivity contribution in [2.45, 2.75) is 39.5 Å². The molecule has 2 amide bonds. The average Bonchev–Trinajstić information content (AvgIpc) is 2.38. The van der Waals surface area contributed by atoms with Crippen LogP contribution in [0.15, 0.2) is 0 Å². The van der Waals surface area contributed by atoms with Gasteiger partial charge >= 0.3 is 6.03 Å². The number of nitrogens with two attached hydrogens (primary N) is 1. The SMILES string of the molecule is CCN(CC)C(=O)NCC1CCC(CN)CC1. The Morgan fingerprint density at radius 1 is 1.18 bits per heavy atom. The molecule has 4 heteroatoms. The van der Waals surface area contributed by atoms with E-state index in [0.29, 0.717) is 11.8 Å². The van der Waals surface area contributed by atoms with Crippen LogP contribution in [0.1, 0.15) is 39.5 Å². The van der Waals surface area contributed by atoms with Gasteiger partial charge in [-0.3, -0.25) is 0 Å². The summed E-state index contributed by atoms with van der Waals surface area (Å²) in [7, 11) is 0. The summed E-state index contributed by atoms with van der Waals surface area (Å²) in [6.07, 6.45) is 4.87. The van der Waals surface area contributed by atoms with Crippen LogP contribution < -0.4 is 11.1 Å². The molecule has 0 aliphatic heterocycles. The third-order valence-electron chi connectivity index (χ3n) is 3.89. The van der Waals surface area contributed by atoms with Crippen LogP contribution >= 0.6 is 0 Å². The summed E-state index contributed by atoms with van der Waals surface area (Å²) in [6.45, 7) is 7.22. The van der Waals surface area contributed by atoms with E-state index in [9.17, 15) is 4.79 Å². The average molecular weight is 241 g/mol. The predicted octanol–water partition coefficient (Wildman–Crippen LogP) is 1.80. The number of urea groups is 1. The molecule has 0 atom stereocenters. The Balaban J connectivity index is 2.21. The highest BCUT2D eigenvalue weighted by atomic mass is 16.2. The molecule has 1 saturated carbocycles. The van der Waals surface area contributed by atoms with Crippen molar-refractivity contribution in [2.75, 3.05) is 26.2 Å². The Labute approximate surface area is 105 Å². The van der Waals surface area contributed by atoms with Gasteiger partial charge in [0.15, 0.2) is 0 Å². The zero-order valence-corrected chi connectivity index (χ0v) is 11.2. The van der Waals surface area contributed by atoms with E-state index in [1.54, 1.807) is 0 Å². The van der Waals surface area contributed by atoms with E-state index >= 15 is 0 Å². The minimum Gasteiger partial charge on any atom is -0.338 e. The summed E-state index contributed by atoms with van der Waals surface area (Å²) < 4.78 is 0. The van der Waals surface area contributed by atoms with Crippen molar-refractivity contribution in [3.05, 3.63) is 0 Å². The van der Waals surface area contributed by atoms with Gasteiger partial charge in [-0.05, 0) is 57.9 Å². The number of carbonyl (C=O) groups is 1. The molecule has 4 nitrogen and oxygen atoms in total. The van der Waals surface area contributed by atoms with Crippen molar-refractivity contribution in [3.8, 4) is 0 Å². The molecular weight excluding hydrogens is 214 g/mol. The molecule has 17 heavy (non-hydrogen) atoms. The lowest BCUT2D eigenvalue weighted by atomic mass is 9.82. The lowest BCUT2D eigenvalue weighted by molar-refractivity contribution is 0.197. The van der Waals surface area contributed by atoms with Gasteiger partial charge in [0.25, 0.3) is 0 Å². The molecule has 3 N–H and O–H groups in total. The Morgan fingerprint density at radius 2 is 1.71 bits per heavy atom. The summed E-state index contributed by atoms with van der Waals surface area (Å²) in [6, 6.07) is 0.0796. The monoisotopic (exact) mass is 241 g/mol. The molecule has 1 fully saturated rings. The number of hydrogen-bond acceptors (Lipinski definition) is 2. The minimum atomic E-state index is 0.0796. The number of rotatable bonds is 5.